The lowest BCUT2D eigenvalue weighted by molar-refractivity contribution is 0.0697. The van der Waals surface area contributed by atoms with Gasteiger partial charge in [-0.15, -0.1) is 0 Å². The van der Waals surface area contributed by atoms with E-state index in [1.165, 1.54) is 6.42 Å². The molecule has 3 nitrogen and oxygen atoms in total. The minimum absolute atomic E-state index is 0.0558. The molecule has 1 aliphatic carbocycles. The predicted octanol–water partition coefficient (Wildman–Crippen LogP) is 4.63. The number of carboxylic acids is 1. The number of aromatic carboxylic acids is 1. The van der Waals surface area contributed by atoms with Crippen molar-refractivity contribution in [3.05, 3.63) is 47.5 Å². The molecule has 2 unspecified atom stereocenters. The zero-order chi connectivity index (χ0) is 17.9. The predicted molar refractivity (Wildman–Crippen MR) is 97.6 cm³/mol. The molecule has 0 aromatic heterocycles. The summed E-state index contributed by atoms with van der Waals surface area (Å²) < 4.78 is 6.18. The largest absolute Gasteiger partial charge is 0.478 e. The summed E-state index contributed by atoms with van der Waals surface area (Å²) in [4.78, 5) is 11.1. The standard InChI is InChI=1S/C22H22O3/c1-20(2)10-4-11-21(3)22(20,25-21)12-9-15-5-6-17-14-18(19(23)24)8-7-16(17)13-15/h5-8,13-14H,4,10-11H2,1-3H3,(H,23,24). The van der Waals surface area contributed by atoms with Gasteiger partial charge in [0.1, 0.15) is 5.60 Å². The highest BCUT2D eigenvalue weighted by Gasteiger charge is 2.74. The topological polar surface area (TPSA) is 49.8 Å². The average molecular weight is 334 g/mol. The first-order valence-electron chi connectivity index (χ1n) is 8.77. The summed E-state index contributed by atoms with van der Waals surface area (Å²) in [6, 6.07) is 11.1. The fourth-order valence-electron chi connectivity index (χ4n) is 4.38. The van der Waals surface area contributed by atoms with E-state index in [2.05, 4.69) is 32.6 Å². The Bertz CT molecular complexity index is 947. The Labute approximate surface area is 148 Å². The second-order valence-corrected chi connectivity index (χ2v) is 8.08. The molecule has 0 radical (unpaired) electrons. The number of ether oxygens (including phenoxy) is 1. The summed E-state index contributed by atoms with van der Waals surface area (Å²) in [6.45, 7) is 6.68. The van der Waals surface area contributed by atoms with Crippen molar-refractivity contribution in [2.24, 2.45) is 5.41 Å². The molecule has 2 atom stereocenters. The normalized spacial score (nSPS) is 29.4. The van der Waals surface area contributed by atoms with Crippen LogP contribution in [0.3, 0.4) is 0 Å². The van der Waals surface area contributed by atoms with Crippen LogP contribution in [0, 0.1) is 17.3 Å². The van der Waals surface area contributed by atoms with Crippen LogP contribution in [0.15, 0.2) is 36.4 Å². The number of rotatable bonds is 1. The molecule has 0 bridgehead atoms. The fraction of sp³-hybridized carbons (Fsp3) is 0.409. The average Bonchev–Trinajstić information content (AvgIpc) is 3.20. The van der Waals surface area contributed by atoms with Crippen LogP contribution in [-0.2, 0) is 4.74 Å². The summed E-state index contributed by atoms with van der Waals surface area (Å²) in [7, 11) is 0. The van der Waals surface area contributed by atoms with Crippen molar-refractivity contribution in [1.82, 2.24) is 0 Å². The molecule has 25 heavy (non-hydrogen) atoms. The van der Waals surface area contributed by atoms with Gasteiger partial charge in [-0.3, -0.25) is 0 Å². The highest BCUT2D eigenvalue weighted by atomic mass is 16.6. The van der Waals surface area contributed by atoms with Crippen molar-refractivity contribution in [1.29, 1.82) is 0 Å². The molecular formula is C22H22O3. The van der Waals surface area contributed by atoms with Crippen LogP contribution in [0.25, 0.3) is 10.8 Å². The van der Waals surface area contributed by atoms with Crippen LogP contribution in [-0.4, -0.2) is 22.3 Å². The van der Waals surface area contributed by atoms with E-state index in [0.29, 0.717) is 5.56 Å². The van der Waals surface area contributed by atoms with Crippen LogP contribution in [0.2, 0.25) is 0 Å². The summed E-state index contributed by atoms with van der Waals surface area (Å²) >= 11 is 0. The van der Waals surface area contributed by atoms with Gasteiger partial charge in [-0.1, -0.05) is 37.8 Å². The lowest BCUT2D eigenvalue weighted by atomic mass is 9.64. The van der Waals surface area contributed by atoms with E-state index in [1.54, 1.807) is 12.1 Å². The maximum Gasteiger partial charge on any atom is 0.335 e. The minimum Gasteiger partial charge on any atom is -0.478 e. The molecule has 1 saturated heterocycles. The summed E-state index contributed by atoms with van der Waals surface area (Å²) in [5.41, 5.74) is 0.829. The molecular weight excluding hydrogens is 312 g/mol. The number of benzene rings is 2. The van der Waals surface area contributed by atoms with Gasteiger partial charge in [-0.25, -0.2) is 4.79 Å². The number of hydrogen-bond acceptors (Lipinski definition) is 2. The van der Waals surface area contributed by atoms with Gasteiger partial charge in [0.2, 0.25) is 0 Å². The van der Waals surface area contributed by atoms with Crippen molar-refractivity contribution in [2.45, 2.75) is 51.2 Å². The quantitative estimate of drug-likeness (QED) is 0.611. The highest BCUT2D eigenvalue weighted by molar-refractivity contribution is 5.94. The zero-order valence-corrected chi connectivity index (χ0v) is 14.8. The van der Waals surface area contributed by atoms with E-state index in [-0.39, 0.29) is 16.6 Å². The van der Waals surface area contributed by atoms with Gasteiger partial charge >= 0.3 is 5.97 Å². The van der Waals surface area contributed by atoms with E-state index in [4.69, 9.17) is 9.84 Å². The van der Waals surface area contributed by atoms with Crippen LogP contribution < -0.4 is 0 Å². The summed E-state index contributed by atoms with van der Waals surface area (Å²) in [5, 5.41) is 11.0. The van der Waals surface area contributed by atoms with E-state index in [0.717, 1.165) is 29.2 Å². The van der Waals surface area contributed by atoms with E-state index >= 15 is 0 Å². The first-order valence-corrected chi connectivity index (χ1v) is 8.77. The van der Waals surface area contributed by atoms with Crippen molar-refractivity contribution in [2.75, 3.05) is 0 Å². The third-order valence-corrected chi connectivity index (χ3v) is 5.96. The molecule has 128 valence electrons. The maximum atomic E-state index is 11.1. The van der Waals surface area contributed by atoms with Gasteiger partial charge in [-0.2, -0.15) is 0 Å². The minimum atomic E-state index is -0.908. The number of carboxylic acid groups (broad SMARTS) is 1. The molecule has 1 N–H and O–H groups in total. The highest BCUT2D eigenvalue weighted by Crippen LogP contribution is 2.64. The fourth-order valence-corrected chi connectivity index (χ4v) is 4.38. The Hall–Kier alpha value is -2.31. The summed E-state index contributed by atoms with van der Waals surface area (Å²) in [6.07, 6.45) is 3.39. The third-order valence-electron chi connectivity index (χ3n) is 5.96. The van der Waals surface area contributed by atoms with Crippen molar-refractivity contribution >= 4 is 16.7 Å². The van der Waals surface area contributed by atoms with Crippen molar-refractivity contribution in [3.8, 4) is 11.8 Å². The molecule has 2 fully saturated rings. The number of epoxide rings is 1. The molecule has 0 spiro atoms. The van der Waals surface area contributed by atoms with Crippen LogP contribution in [0.1, 0.15) is 56.0 Å². The third kappa shape index (κ3) is 2.36. The molecule has 2 aromatic carbocycles. The lowest BCUT2D eigenvalue weighted by Gasteiger charge is -2.34. The molecule has 2 aliphatic rings. The molecule has 2 aromatic rings. The van der Waals surface area contributed by atoms with Crippen LogP contribution in [0.4, 0.5) is 0 Å². The van der Waals surface area contributed by atoms with E-state index in [1.807, 2.05) is 24.3 Å². The Morgan fingerprint density at radius 3 is 2.52 bits per heavy atom. The Balaban J connectivity index is 1.70. The van der Waals surface area contributed by atoms with Gasteiger partial charge in [0.05, 0.1) is 5.56 Å². The SMILES string of the molecule is CC1(C)CCCC2(C)OC12C#Cc1ccc2cc(C(=O)O)ccc2c1. The zero-order valence-electron chi connectivity index (χ0n) is 14.8. The number of fused-ring (bicyclic) bond motifs is 2. The molecule has 1 saturated carbocycles. The first kappa shape index (κ1) is 16.2. The van der Waals surface area contributed by atoms with E-state index < -0.39 is 5.97 Å². The van der Waals surface area contributed by atoms with Gasteiger partial charge in [-0.05, 0) is 61.2 Å². The number of carbonyl (C=O) groups is 1. The smallest absolute Gasteiger partial charge is 0.335 e. The Morgan fingerprint density at radius 2 is 1.80 bits per heavy atom. The monoisotopic (exact) mass is 334 g/mol. The van der Waals surface area contributed by atoms with Gasteiger partial charge in [0.25, 0.3) is 0 Å². The maximum absolute atomic E-state index is 11.1. The lowest BCUT2D eigenvalue weighted by Crippen LogP contribution is -2.41. The van der Waals surface area contributed by atoms with Crippen molar-refractivity contribution in [3.63, 3.8) is 0 Å². The molecule has 4 rings (SSSR count). The van der Waals surface area contributed by atoms with E-state index in [9.17, 15) is 4.79 Å². The second-order valence-electron chi connectivity index (χ2n) is 8.08. The molecule has 0 amide bonds. The van der Waals surface area contributed by atoms with Crippen LogP contribution in [0.5, 0.6) is 0 Å². The van der Waals surface area contributed by atoms with Gasteiger partial charge < -0.3 is 9.84 Å². The molecule has 1 heterocycles. The van der Waals surface area contributed by atoms with Gasteiger partial charge in [0.15, 0.2) is 5.60 Å². The number of hydrogen-bond donors (Lipinski definition) is 1. The molecule has 1 aliphatic heterocycles. The first-order chi connectivity index (χ1) is 11.8. The van der Waals surface area contributed by atoms with Gasteiger partial charge in [0, 0.05) is 11.0 Å². The van der Waals surface area contributed by atoms with Crippen LogP contribution >= 0.6 is 0 Å². The van der Waals surface area contributed by atoms with Crippen molar-refractivity contribution < 1.29 is 14.6 Å². The Morgan fingerprint density at radius 1 is 1.08 bits per heavy atom. The molecule has 3 heteroatoms. The second kappa shape index (κ2) is 5.09. The summed E-state index contributed by atoms with van der Waals surface area (Å²) in [5.74, 6) is 5.85. The Kier molecular flexibility index (Phi) is 3.30.